The van der Waals surface area contributed by atoms with Gasteiger partial charge in [-0.2, -0.15) is 101 Å². The van der Waals surface area contributed by atoms with Crippen molar-refractivity contribution >= 4 is 127 Å². The smallest absolute Gasteiger partial charge is 0.374 e. The Hall–Kier alpha value is 3.09. The van der Waals surface area contributed by atoms with Crippen molar-refractivity contribution in [1.29, 1.82) is 0 Å². The lowest BCUT2D eigenvalue weighted by atomic mass is 9.68. The summed E-state index contributed by atoms with van der Waals surface area (Å²) in [7, 11) is -10.2. The normalized spacial score (nSPS) is 23.2. The molecule has 64 heavy (non-hydrogen) atoms. The first-order chi connectivity index (χ1) is 30.4. The van der Waals surface area contributed by atoms with Gasteiger partial charge in [-0.1, -0.05) is 33.6 Å². The zero-order valence-corrected chi connectivity index (χ0v) is 51.7. The molecule has 0 bridgehead atoms. The van der Waals surface area contributed by atoms with Crippen LogP contribution in [0.15, 0.2) is 0 Å². The molecule has 0 aromatic rings. The summed E-state index contributed by atoms with van der Waals surface area (Å²) in [4.78, 5) is 0. The molecular formula is C44H94O9S8Si3. The molecule has 0 aromatic carbocycles. The van der Waals surface area contributed by atoms with Crippen LogP contribution in [0.25, 0.3) is 0 Å². The fourth-order valence-electron chi connectivity index (χ4n) is 10.00. The van der Waals surface area contributed by atoms with Gasteiger partial charge in [-0.3, -0.25) is 0 Å². The van der Waals surface area contributed by atoms with Crippen LogP contribution in [-0.4, -0.2) is 128 Å². The lowest BCUT2D eigenvalue weighted by Crippen LogP contribution is -2.59. The minimum atomic E-state index is -3.53. The molecule has 20 heteroatoms. The Morgan fingerprint density at radius 3 is 0.969 bits per heavy atom. The van der Waals surface area contributed by atoms with Gasteiger partial charge >= 0.3 is 26.4 Å². The van der Waals surface area contributed by atoms with Crippen molar-refractivity contribution in [2.24, 2.45) is 17.8 Å². The zero-order valence-electron chi connectivity index (χ0n) is 41.6. The van der Waals surface area contributed by atoms with Gasteiger partial charge in [0.25, 0.3) is 0 Å². The van der Waals surface area contributed by atoms with Crippen LogP contribution in [-0.2, 0) is 39.8 Å². The average molecular weight is 1110 g/mol. The van der Waals surface area contributed by atoms with Crippen LogP contribution in [0.2, 0.25) is 16.6 Å². The van der Waals surface area contributed by atoms with E-state index >= 15 is 0 Å². The maximum Gasteiger partial charge on any atom is 0.504 e. The third kappa shape index (κ3) is 18.5. The summed E-state index contributed by atoms with van der Waals surface area (Å²) >= 11 is 41.6. The SMILES string of the molecule is CCCC(S)C(S)C(S)C(S)CC(C1CCC(C(C)[Si](OCC)(OCC)OCC)CC1C(CC(S)C(S)C(S)C(S)CCC)[Si](OCC)(OCC)OCC)[Si](OCC)(OCC)OCC. The molecule has 1 rings (SSSR count). The standard InChI is InChI=1S/C44H94O9S8Si3/c1-13-24-35(54)41(58)43(60)37(56)29-39(63(48-18-6,49-19-7)50-20-8)33-27-26-32(31(12)62(45-15-3,46-16-4)47-17-5)28-34(33)40(64(51-21-9,52-22-10)53-23-11)30-38(57)44(61)42(59)36(55)25-14-2/h31-44,54-61H,13-30H2,1-12H3. The van der Waals surface area contributed by atoms with Gasteiger partial charge in [0.2, 0.25) is 0 Å². The molecule has 0 heterocycles. The quantitative estimate of drug-likeness (QED) is 0.0228. The fraction of sp³-hybridized carbons (Fsp3) is 1.00. The zero-order chi connectivity index (χ0) is 48.7. The van der Waals surface area contributed by atoms with E-state index in [1.165, 1.54) is 0 Å². The molecule has 9 nitrogen and oxygen atoms in total. The third-order valence-corrected chi connectivity index (χ3v) is 30.1. The van der Waals surface area contributed by atoms with Crippen LogP contribution in [0, 0.1) is 17.8 Å². The van der Waals surface area contributed by atoms with E-state index in [-0.39, 0.29) is 76.4 Å². The Bertz CT molecular complexity index is 1150. The number of rotatable bonds is 38. The molecule has 1 aliphatic rings. The van der Waals surface area contributed by atoms with Crippen molar-refractivity contribution in [2.75, 3.05) is 59.5 Å². The van der Waals surface area contributed by atoms with Crippen molar-refractivity contribution in [3.8, 4) is 0 Å². The molecule has 14 unspecified atom stereocenters. The highest BCUT2D eigenvalue weighted by Crippen LogP contribution is 2.58. The molecule has 0 saturated heterocycles. The third-order valence-electron chi connectivity index (χ3n) is 12.7. The summed E-state index contributed by atoms with van der Waals surface area (Å²) in [6.07, 6.45) is 7.72. The van der Waals surface area contributed by atoms with Crippen LogP contribution < -0.4 is 0 Å². The van der Waals surface area contributed by atoms with E-state index in [1.54, 1.807) is 0 Å². The average Bonchev–Trinajstić information content (AvgIpc) is 3.26. The first kappa shape index (κ1) is 65.1. The van der Waals surface area contributed by atoms with Gasteiger partial charge < -0.3 is 39.8 Å². The molecule has 0 amide bonds. The molecule has 0 aromatic heterocycles. The van der Waals surface area contributed by atoms with E-state index in [9.17, 15) is 0 Å². The Morgan fingerprint density at radius 1 is 0.391 bits per heavy atom. The lowest BCUT2D eigenvalue weighted by Gasteiger charge is -2.52. The highest BCUT2D eigenvalue weighted by atomic mass is 32.1. The van der Waals surface area contributed by atoms with Crippen LogP contribution in [0.3, 0.4) is 0 Å². The maximum absolute atomic E-state index is 7.00. The number of thiol groups is 8. The predicted octanol–water partition coefficient (Wildman–Crippen LogP) is 12.1. The molecule has 0 radical (unpaired) electrons. The van der Waals surface area contributed by atoms with E-state index in [4.69, 9.17) is 141 Å². The van der Waals surface area contributed by atoms with Gasteiger partial charge in [-0.15, -0.1) is 0 Å². The molecule has 0 aliphatic heterocycles. The first-order valence-corrected chi connectivity index (χ1v) is 34.2. The summed E-state index contributed by atoms with van der Waals surface area (Å²) in [5.41, 5.74) is -0.368. The van der Waals surface area contributed by atoms with Gasteiger partial charge in [0.05, 0.1) is 0 Å². The maximum atomic E-state index is 7.00. The minimum Gasteiger partial charge on any atom is -0.374 e. The van der Waals surface area contributed by atoms with E-state index in [2.05, 4.69) is 20.8 Å². The largest absolute Gasteiger partial charge is 0.504 e. The Labute approximate surface area is 440 Å². The topological polar surface area (TPSA) is 83.1 Å². The van der Waals surface area contributed by atoms with Gasteiger partial charge in [0, 0.05) is 118 Å². The number of hydrogen-bond acceptors (Lipinski definition) is 17. The van der Waals surface area contributed by atoms with Gasteiger partial charge in [-0.25, -0.2) is 0 Å². The van der Waals surface area contributed by atoms with E-state index in [0.717, 1.165) is 44.9 Å². The van der Waals surface area contributed by atoms with E-state index in [0.29, 0.717) is 72.3 Å². The van der Waals surface area contributed by atoms with E-state index in [1.807, 2.05) is 62.3 Å². The van der Waals surface area contributed by atoms with Crippen molar-refractivity contribution < 1.29 is 39.8 Å². The molecule has 384 valence electrons. The summed E-state index contributed by atoms with van der Waals surface area (Å²) in [6.45, 7) is 29.1. The first-order valence-electron chi connectivity index (χ1n) is 24.6. The predicted molar refractivity (Wildman–Crippen MR) is 304 cm³/mol. The van der Waals surface area contributed by atoms with Crippen LogP contribution >= 0.6 is 101 Å². The Morgan fingerprint density at radius 2 is 0.672 bits per heavy atom. The Kier molecular flexibility index (Phi) is 35.1. The van der Waals surface area contributed by atoms with Gasteiger partial charge in [0.1, 0.15) is 0 Å². The minimum absolute atomic E-state index is 0.00503. The second-order valence-electron chi connectivity index (χ2n) is 16.9. The highest BCUT2D eigenvalue weighted by molar-refractivity contribution is 7.89. The fourth-order valence-corrected chi connectivity index (χ4v) is 24.3. The lowest BCUT2D eigenvalue weighted by molar-refractivity contribution is 0.0105. The molecular weight excluding hydrogens is 1010 g/mol. The molecule has 0 spiro atoms. The monoisotopic (exact) mass is 1110 g/mol. The van der Waals surface area contributed by atoms with Crippen LogP contribution in [0.4, 0.5) is 0 Å². The van der Waals surface area contributed by atoms with E-state index < -0.39 is 26.4 Å². The van der Waals surface area contributed by atoms with Crippen molar-refractivity contribution in [3.63, 3.8) is 0 Å². The molecule has 1 aliphatic carbocycles. The van der Waals surface area contributed by atoms with Gasteiger partial charge in [-0.05, 0) is 125 Å². The molecule has 1 fully saturated rings. The summed E-state index contributed by atoms with van der Waals surface area (Å²) in [6, 6.07) is 0. The molecule has 14 atom stereocenters. The van der Waals surface area contributed by atoms with Crippen LogP contribution in [0.1, 0.15) is 141 Å². The van der Waals surface area contributed by atoms with Crippen molar-refractivity contribution in [2.45, 2.75) is 199 Å². The highest BCUT2D eigenvalue weighted by Gasteiger charge is 2.63. The van der Waals surface area contributed by atoms with Crippen molar-refractivity contribution in [3.05, 3.63) is 0 Å². The Balaban J connectivity index is 4.50. The van der Waals surface area contributed by atoms with Gasteiger partial charge in [0.15, 0.2) is 0 Å². The second-order valence-corrected chi connectivity index (χ2v) is 30.5. The summed E-state index contributed by atoms with van der Waals surface area (Å²) in [5.74, 6) is 0.158. The van der Waals surface area contributed by atoms with Crippen LogP contribution in [0.5, 0.6) is 0 Å². The number of hydrogen-bond donors (Lipinski definition) is 8. The second kappa shape index (κ2) is 34.5. The molecule has 1 saturated carbocycles. The van der Waals surface area contributed by atoms with Crippen molar-refractivity contribution in [1.82, 2.24) is 0 Å². The molecule has 0 N–H and O–H groups in total. The summed E-state index contributed by atoms with van der Waals surface area (Å²) < 4.78 is 61.8. The summed E-state index contributed by atoms with van der Waals surface area (Å²) in [5, 5.41) is -0.778.